The maximum atomic E-state index is 11.9. The van der Waals surface area contributed by atoms with Crippen molar-refractivity contribution in [3.05, 3.63) is 0 Å². The highest BCUT2D eigenvalue weighted by molar-refractivity contribution is 5.76. The highest BCUT2D eigenvalue weighted by Crippen LogP contribution is 2.09. The Morgan fingerprint density at radius 2 is 2.22 bits per heavy atom. The number of rotatable bonds is 6. The van der Waals surface area contributed by atoms with Crippen molar-refractivity contribution < 1.29 is 18.3 Å². The number of piperazine rings is 1. The van der Waals surface area contributed by atoms with Crippen molar-refractivity contribution in [2.45, 2.75) is 18.9 Å². The van der Waals surface area contributed by atoms with Gasteiger partial charge in [-0.25, -0.2) is 8.78 Å². The molecule has 1 rings (SSSR count). The fraction of sp³-hybridized carbons (Fsp3) is 0.909. The third kappa shape index (κ3) is 4.83. The summed E-state index contributed by atoms with van der Waals surface area (Å²) in [5, 5.41) is 0. The lowest BCUT2D eigenvalue weighted by Gasteiger charge is -2.39. The van der Waals surface area contributed by atoms with E-state index >= 15 is 0 Å². The van der Waals surface area contributed by atoms with Crippen LogP contribution in [0.4, 0.5) is 8.78 Å². The van der Waals surface area contributed by atoms with Crippen molar-refractivity contribution in [1.29, 1.82) is 0 Å². The van der Waals surface area contributed by atoms with Gasteiger partial charge in [0.25, 0.3) is 6.43 Å². The first-order valence-electron chi connectivity index (χ1n) is 6.08. The molecule has 1 aliphatic rings. The maximum absolute atomic E-state index is 11.9. The molecule has 106 valence electrons. The molecule has 1 aliphatic heterocycles. The lowest BCUT2D eigenvalue weighted by Crippen LogP contribution is -2.56. The molecule has 5 nitrogen and oxygen atoms in total. The van der Waals surface area contributed by atoms with E-state index in [1.165, 1.54) is 0 Å². The van der Waals surface area contributed by atoms with Crippen molar-refractivity contribution in [3.8, 4) is 0 Å². The largest absolute Gasteiger partial charge is 0.375 e. The molecule has 0 aromatic rings. The van der Waals surface area contributed by atoms with Crippen molar-refractivity contribution in [2.75, 3.05) is 46.4 Å². The number of carbonyl (C=O) groups is 1. The van der Waals surface area contributed by atoms with Crippen LogP contribution in [-0.4, -0.2) is 74.6 Å². The Labute approximate surface area is 106 Å². The molecule has 7 heteroatoms. The van der Waals surface area contributed by atoms with Gasteiger partial charge < -0.3 is 20.3 Å². The van der Waals surface area contributed by atoms with Gasteiger partial charge in [0.15, 0.2) is 0 Å². The first-order valence-corrected chi connectivity index (χ1v) is 6.08. The first-order chi connectivity index (χ1) is 8.54. The van der Waals surface area contributed by atoms with Gasteiger partial charge in [-0.05, 0) is 7.05 Å². The average molecular weight is 265 g/mol. The predicted octanol–water partition coefficient (Wildman–Crippen LogP) is -0.240. The second kappa shape index (κ2) is 7.60. The minimum absolute atomic E-state index is 0.00588. The van der Waals surface area contributed by atoms with Crippen LogP contribution in [0.25, 0.3) is 0 Å². The fourth-order valence-corrected chi connectivity index (χ4v) is 2.02. The molecule has 1 saturated heterocycles. The van der Waals surface area contributed by atoms with Gasteiger partial charge in [0.2, 0.25) is 5.91 Å². The Morgan fingerprint density at radius 3 is 2.83 bits per heavy atom. The average Bonchev–Trinajstić information content (AvgIpc) is 2.33. The van der Waals surface area contributed by atoms with Crippen molar-refractivity contribution >= 4 is 5.91 Å². The molecule has 2 N–H and O–H groups in total. The van der Waals surface area contributed by atoms with E-state index in [0.717, 1.165) is 13.1 Å². The summed E-state index contributed by atoms with van der Waals surface area (Å²) < 4.78 is 28.4. The Kier molecular flexibility index (Phi) is 6.45. The molecular formula is C11H21F2N3O2. The van der Waals surface area contributed by atoms with Crippen LogP contribution in [0.3, 0.4) is 0 Å². The molecule has 0 aliphatic carbocycles. The zero-order valence-electron chi connectivity index (χ0n) is 10.6. The monoisotopic (exact) mass is 265 g/mol. The molecule has 0 aromatic heterocycles. The number of halogens is 2. The van der Waals surface area contributed by atoms with E-state index < -0.39 is 13.0 Å². The minimum atomic E-state index is -2.49. The van der Waals surface area contributed by atoms with Crippen LogP contribution >= 0.6 is 0 Å². The van der Waals surface area contributed by atoms with E-state index in [1.54, 1.807) is 4.90 Å². The molecule has 0 saturated carbocycles. The number of nitrogens with zero attached hydrogens (tertiary/aromatic N) is 2. The van der Waals surface area contributed by atoms with Crippen molar-refractivity contribution in [3.63, 3.8) is 0 Å². The summed E-state index contributed by atoms with van der Waals surface area (Å²) in [6.07, 6.45) is -2.35. The van der Waals surface area contributed by atoms with E-state index in [-0.39, 0.29) is 25.0 Å². The summed E-state index contributed by atoms with van der Waals surface area (Å²) in [6.45, 7) is 2.02. The van der Waals surface area contributed by atoms with Crippen LogP contribution < -0.4 is 5.73 Å². The molecular weight excluding hydrogens is 244 g/mol. The number of alkyl halides is 2. The van der Waals surface area contributed by atoms with Gasteiger partial charge in [-0.1, -0.05) is 0 Å². The number of hydrogen-bond donors (Lipinski definition) is 1. The number of ether oxygens (including phenoxy) is 1. The Bertz CT molecular complexity index is 267. The predicted molar refractivity (Wildman–Crippen MR) is 63.5 cm³/mol. The van der Waals surface area contributed by atoms with Gasteiger partial charge in [-0.15, -0.1) is 0 Å². The Morgan fingerprint density at radius 1 is 1.50 bits per heavy atom. The summed E-state index contributed by atoms with van der Waals surface area (Å²) in [5.74, 6) is -0.0761. The van der Waals surface area contributed by atoms with Gasteiger partial charge in [0.1, 0.15) is 6.61 Å². The van der Waals surface area contributed by atoms with Crippen LogP contribution in [0, 0.1) is 0 Å². The fourth-order valence-electron chi connectivity index (χ4n) is 2.02. The first kappa shape index (κ1) is 15.3. The van der Waals surface area contributed by atoms with Gasteiger partial charge in [0.05, 0.1) is 19.1 Å². The van der Waals surface area contributed by atoms with E-state index in [0.29, 0.717) is 13.1 Å². The van der Waals surface area contributed by atoms with Gasteiger partial charge in [-0.3, -0.25) is 4.79 Å². The summed E-state index contributed by atoms with van der Waals surface area (Å²) in [5.41, 5.74) is 5.64. The number of amides is 1. The van der Waals surface area contributed by atoms with E-state index in [2.05, 4.69) is 4.90 Å². The molecule has 0 bridgehead atoms. The normalized spacial score (nSPS) is 21.6. The molecule has 1 amide bonds. The highest BCUT2D eigenvalue weighted by Gasteiger charge is 2.27. The van der Waals surface area contributed by atoms with Gasteiger partial charge in [-0.2, -0.15) is 0 Å². The van der Waals surface area contributed by atoms with E-state index in [1.807, 2.05) is 7.05 Å². The van der Waals surface area contributed by atoms with Gasteiger partial charge >= 0.3 is 0 Å². The van der Waals surface area contributed by atoms with E-state index in [4.69, 9.17) is 10.5 Å². The zero-order valence-corrected chi connectivity index (χ0v) is 10.6. The second-order valence-corrected chi connectivity index (χ2v) is 4.45. The third-order valence-corrected chi connectivity index (χ3v) is 2.98. The highest BCUT2D eigenvalue weighted by atomic mass is 19.3. The smallest absolute Gasteiger partial charge is 0.261 e. The lowest BCUT2D eigenvalue weighted by atomic mass is 10.1. The van der Waals surface area contributed by atoms with Crippen LogP contribution in [0.15, 0.2) is 0 Å². The number of carbonyl (C=O) groups excluding carboxylic acids is 1. The molecule has 0 spiro atoms. The van der Waals surface area contributed by atoms with Crippen LogP contribution in [0.5, 0.6) is 0 Å². The number of likely N-dealkylation sites (N-methyl/N-ethyl adjacent to an activating group) is 1. The lowest BCUT2D eigenvalue weighted by molar-refractivity contribution is -0.137. The van der Waals surface area contributed by atoms with E-state index in [9.17, 15) is 13.6 Å². The molecule has 18 heavy (non-hydrogen) atoms. The molecule has 1 fully saturated rings. The van der Waals surface area contributed by atoms with Crippen molar-refractivity contribution in [1.82, 2.24) is 9.80 Å². The molecule has 1 heterocycles. The number of nitrogens with two attached hydrogens (primary N) is 1. The third-order valence-electron chi connectivity index (χ3n) is 2.98. The SMILES string of the molecule is CN1CCN(C(=O)CCOCC(F)F)C(CN)C1. The molecule has 0 aromatic carbocycles. The molecule has 1 unspecified atom stereocenters. The quantitative estimate of drug-likeness (QED) is 0.673. The topological polar surface area (TPSA) is 58.8 Å². The summed E-state index contributed by atoms with van der Waals surface area (Å²) in [6, 6.07) is 0.00588. The summed E-state index contributed by atoms with van der Waals surface area (Å²) in [7, 11) is 1.98. The summed E-state index contributed by atoms with van der Waals surface area (Å²) >= 11 is 0. The molecule has 1 atom stereocenters. The maximum Gasteiger partial charge on any atom is 0.261 e. The van der Waals surface area contributed by atoms with Crippen LogP contribution in [0.2, 0.25) is 0 Å². The zero-order chi connectivity index (χ0) is 13.5. The molecule has 0 radical (unpaired) electrons. The van der Waals surface area contributed by atoms with Crippen LogP contribution in [0.1, 0.15) is 6.42 Å². The Hall–Kier alpha value is -0.790. The summed E-state index contributed by atoms with van der Waals surface area (Å²) in [4.78, 5) is 15.8. The minimum Gasteiger partial charge on any atom is -0.375 e. The van der Waals surface area contributed by atoms with Crippen molar-refractivity contribution in [2.24, 2.45) is 5.73 Å². The second-order valence-electron chi connectivity index (χ2n) is 4.45. The van der Waals surface area contributed by atoms with Crippen LogP contribution in [-0.2, 0) is 9.53 Å². The standard InChI is InChI=1S/C11H21F2N3O2/c1-15-3-4-16(9(6-14)7-15)11(17)2-5-18-8-10(12)13/h9-10H,2-8,14H2,1H3. The number of hydrogen-bond acceptors (Lipinski definition) is 4. The van der Waals surface area contributed by atoms with Gasteiger partial charge in [0, 0.05) is 26.2 Å². The Balaban J connectivity index is 2.31.